The van der Waals surface area contributed by atoms with Crippen molar-refractivity contribution in [2.24, 2.45) is 7.05 Å². The van der Waals surface area contributed by atoms with Crippen molar-refractivity contribution < 1.29 is 23.8 Å². The van der Waals surface area contributed by atoms with Gasteiger partial charge in [0, 0.05) is 25.2 Å². The Balaban J connectivity index is 1.64. The molecular weight excluding hydrogens is 300 g/mol. The van der Waals surface area contributed by atoms with Gasteiger partial charge in [-0.3, -0.25) is 9.48 Å². The van der Waals surface area contributed by atoms with Gasteiger partial charge in [-0.2, -0.15) is 5.10 Å². The Morgan fingerprint density at radius 3 is 2.74 bits per heavy atom. The van der Waals surface area contributed by atoms with Gasteiger partial charge in [-0.15, -0.1) is 0 Å². The summed E-state index contributed by atoms with van der Waals surface area (Å²) in [6.45, 7) is 0.789. The van der Waals surface area contributed by atoms with Crippen LogP contribution in [0.25, 0.3) is 0 Å². The molecule has 0 aliphatic carbocycles. The minimum atomic E-state index is -0.583. The molecular formula is C16H16N2O5. The fourth-order valence-corrected chi connectivity index (χ4v) is 2.16. The van der Waals surface area contributed by atoms with Crippen molar-refractivity contribution in [2.75, 3.05) is 19.8 Å². The maximum Gasteiger partial charge on any atom is 0.341 e. The Hall–Kier alpha value is -2.83. The van der Waals surface area contributed by atoms with Crippen LogP contribution in [0.4, 0.5) is 0 Å². The second-order valence-corrected chi connectivity index (χ2v) is 5.11. The monoisotopic (exact) mass is 316 g/mol. The zero-order valence-electron chi connectivity index (χ0n) is 12.7. The summed E-state index contributed by atoms with van der Waals surface area (Å²) in [7, 11) is 1.69. The van der Waals surface area contributed by atoms with Crippen LogP contribution < -0.4 is 9.47 Å². The van der Waals surface area contributed by atoms with Crippen LogP contribution in [0.2, 0.25) is 0 Å². The van der Waals surface area contributed by atoms with Crippen molar-refractivity contribution in [3.8, 4) is 11.5 Å². The summed E-state index contributed by atoms with van der Waals surface area (Å²) in [6, 6.07) is 4.94. The predicted octanol–water partition coefficient (Wildman–Crippen LogP) is 1.62. The molecule has 2 aromatic rings. The van der Waals surface area contributed by atoms with Crippen molar-refractivity contribution in [2.45, 2.75) is 6.42 Å². The second kappa shape index (κ2) is 6.51. The SMILES string of the molecule is Cn1cc(C(=O)OCC(=O)c2ccc3c(c2)OCCCO3)cn1. The number of fused-ring (bicyclic) bond motifs is 1. The van der Waals surface area contributed by atoms with E-state index in [1.807, 2.05) is 0 Å². The number of rotatable bonds is 4. The second-order valence-electron chi connectivity index (χ2n) is 5.11. The fraction of sp³-hybridized carbons (Fsp3) is 0.312. The van der Waals surface area contributed by atoms with E-state index in [2.05, 4.69) is 5.10 Å². The number of carbonyl (C=O) groups is 2. The first kappa shape index (κ1) is 15.1. The van der Waals surface area contributed by atoms with Crippen LogP contribution in [0.15, 0.2) is 30.6 Å². The highest BCUT2D eigenvalue weighted by atomic mass is 16.5. The Bertz CT molecular complexity index is 738. The van der Waals surface area contributed by atoms with Crippen molar-refractivity contribution in [1.82, 2.24) is 9.78 Å². The number of hydrogen-bond acceptors (Lipinski definition) is 6. The quantitative estimate of drug-likeness (QED) is 0.630. The molecule has 23 heavy (non-hydrogen) atoms. The Labute approximate surface area is 132 Å². The molecule has 0 radical (unpaired) electrons. The summed E-state index contributed by atoms with van der Waals surface area (Å²) in [4.78, 5) is 24.0. The van der Waals surface area contributed by atoms with E-state index in [9.17, 15) is 9.59 Å². The summed E-state index contributed by atoms with van der Waals surface area (Å²) in [5.74, 6) is 0.261. The van der Waals surface area contributed by atoms with Gasteiger partial charge in [-0.25, -0.2) is 4.79 Å². The molecule has 0 N–H and O–H groups in total. The lowest BCUT2D eigenvalue weighted by Crippen LogP contribution is -2.14. The Morgan fingerprint density at radius 1 is 1.22 bits per heavy atom. The van der Waals surface area contributed by atoms with Crippen molar-refractivity contribution in [1.29, 1.82) is 0 Å². The van der Waals surface area contributed by atoms with E-state index < -0.39 is 5.97 Å². The number of nitrogens with zero attached hydrogens (tertiary/aromatic N) is 2. The molecule has 0 spiro atoms. The first-order valence-electron chi connectivity index (χ1n) is 7.22. The topological polar surface area (TPSA) is 79.7 Å². The van der Waals surface area contributed by atoms with Crippen LogP contribution in [-0.4, -0.2) is 41.4 Å². The predicted molar refractivity (Wildman–Crippen MR) is 79.9 cm³/mol. The van der Waals surface area contributed by atoms with E-state index in [0.29, 0.717) is 35.8 Å². The zero-order valence-corrected chi connectivity index (χ0v) is 12.7. The Morgan fingerprint density at radius 2 is 2.00 bits per heavy atom. The Kier molecular flexibility index (Phi) is 4.27. The highest BCUT2D eigenvalue weighted by Crippen LogP contribution is 2.30. The van der Waals surface area contributed by atoms with Gasteiger partial charge < -0.3 is 14.2 Å². The van der Waals surface area contributed by atoms with Crippen molar-refractivity contribution in [3.63, 3.8) is 0 Å². The number of carbonyl (C=O) groups excluding carboxylic acids is 2. The van der Waals surface area contributed by atoms with E-state index in [4.69, 9.17) is 14.2 Å². The maximum absolute atomic E-state index is 12.2. The van der Waals surface area contributed by atoms with Gasteiger partial charge >= 0.3 is 5.97 Å². The zero-order chi connectivity index (χ0) is 16.2. The normalized spacial score (nSPS) is 13.3. The minimum absolute atomic E-state index is 0.305. The molecule has 2 heterocycles. The lowest BCUT2D eigenvalue weighted by atomic mass is 10.1. The first-order chi connectivity index (χ1) is 11.1. The van der Waals surface area contributed by atoms with Crippen LogP contribution in [-0.2, 0) is 11.8 Å². The summed E-state index contributed by atoms with van der Waals surface area (Å²) in [6.07, 6.45) is 3.71. The largest absolute Gasteiger partial charge is 0.490 e. The molecule has 0 amide bonds. The van der Waals surface area contributed by atoms with Crippen molar-refractivity contribution >= 4 is 11.8 Å². The minimum Gasteiger partial charge on any atom is -0.490 e. The van der Waals surface area contributed by atoms with Crippen LogP contribution in [0.1, 0.15) is 27.1 Å². The third kappa shape index (κ3) is 3.50. The number of ketones is 1. The van der Waals surface area contributed by atoms with E-state index in [1.54, 1.807) is 25.2 Å². The van der Waals surface area contributed by atoms with E-state index in [-0.39, 0.29) is 12.4 Å². The molecule has 0 fully saturated rings. The van der Waals surface area contributed by atoms with Crippen molar-refractivity contribution in [3.05, 3.63) is 41.7 Å². The number of esters is 1. The van der Waals surface area contributed by atoms with Crippen LogP contribution >= 0.6 is 0 Å². The molecule has 1 aliphatic heterocycles. The van der Waals surface area contributed by atoms with E-state index in [1.165, 1.54) is 17.1 Å². The van der Waals surface area contributed by atoms with Gasteiger partial charge in [0.25, 0.3) is 0 Å². The lowest BCUT2D eigenvalue weighted by Gasteiger charge is -2.09. The van der Waals surface area contributed by atoms with Gasteiger partial charge in [0.05, 0.1) is 25.0 Å². The van der Waals surface area contributed by atoms with Gasteiger partial charge in [-0.1, -0.05) is 0 Å². The molecule has 3 rings (SSSR count). The average Bonchev–Trinajstić information content (AvgIpc) is 2.85. The molecule has 1 aliphatic rings. The summed E-state index contributed by atoms with van der Waals surface area (Å²) >= 11 is 0. The number of aromatic nitrogens is 2. The van der Waals surface area contributed by atoms with Crippen LogP contribution in [0, 0.1) is 0 Å². The van der Waals surface area contributed by atoms with Gasteiger partial charge in [0.2, 0.25) is 0 Å². The molecule has 7 heteroatoms. The summed E-state index contributed by atoms with van der Waals surface area (Å²) in [5.41, 5.74) is 0.715. The molecule has 0 saturated carbocycles. The number of Topliss-reactive ketones (excluding diaryl/α,β-unsaturated/α-hetero) is 1. The molecule has 0 bridgehead atoms. The first-order valence-corrected chi connectivity index (χ1v) is 7.22. The van der Waals surface area contributed by atoms with Crippen LogP contribution in [0.5, 0.6) is 11.5 Å². The molecule has 0 atom stereocenters. The number of benzene rings is 1. The molecule has 1 aromatic heterocycles. The molecule has 0 unspecified atom stereocenters. The third-order valence-electron chi connectivity index (χ3n) is 3.34. The molecule has 7 nitrogen and oxygen atoms in total. The third-order valence-corrected chi connectivity index (χ3v) is 3.34. The van der Waals surface area contributed by atoms with Crippen LogP contribution in [0.3, 0.4) is 0 Å². The molecule has 1 aromatic carbocycles. The number of aryl methyl sites for hydroxylation is 1. The van der Waals surface area contributed by atoms with Gasteiger partial charge in [-0.05, 0) is 18.2 Å². The highest BCUT2D eigenvalue weighted by molar-refractivity contribution is 5.99. The summed E-state index contributed by atoms with van der Waals surface area (Å²) in [5, 5.41) is 3.88. The standard InChI is InChI=1S/C16H16N2O5/c1-18-9-12(8-17-18)16(20)23-10-13(19)11-3-4-14-15(7-11)22-6-2-5-21-14/h3-4,7-9H,2,5-6,10H2,1H3. The number of hydrogen-bond donors (Lipinski definition) is 0. The molecule has 0 saturated heterocycles. The van der Waals surface area contributed by atoms with Gasteiger partial charge in [0.15, 0.2) is 23.9 Å². The van der Waals surface area contributed by atoms with E-state index in [0.717, 1.165) is 6.42 Å². The number of ether oxygens (including phenoxy) is 3. The molecule has 120 valence electrons. The average molecular weight is 316 g/mol. The maximum atomic E-state index is 12.2. The van der Waals surface area contributed by atoms with Gasteiger partial charge in [0.1, 0.15) is 0 Å². The fourth-order valence-electron chi connectivity index (χ4n) is 2.16. The summed E-state index contributed by atoms with van der Waals surface area (Å²) < 4.78 is 17.6. The smallest absolute Gasteiger partial charge is 0.341 e. The highest BCUT2D eigenvalue weighted by Gasteiger charge is 2.16. The van der Waals surface area contributed by atoms with E-state index >= 15 is 0 Å². The lowest BCUT2D eigenvalue weighted by molar-refractivity contribution is 0.0474.